The van der Waals surface area contributed by atoms with Crippen molar-refractivity contribution in [3.8, 4) is 0 Å². The Morgan fingerprint density at radius 3 is 2.65 bits per heavy atom. The molecule has 8 heteroatoms. The highest BCUT2D eigenvalue weighted by atomic mass is 16.2. The van der Waals surface area contributed by atoms with Crippen molar-refractivity contribution in [1.29, 1.82) is 0 Å². The fourth-order valence-electron chi connectivity index (χ4n) is 3.94. The molecule has 2 aliphatic heterocycles. The summed E-state index contributed by atoms with van der Waals surface area (Å²) in [6, 6.07) is 7.99. The van der Waals surface area contributed by atoms with Crippen molar-refractivity contribution in [3.63, 3.8) is 0 Å². The first-order chi connectivity index (χ1) is 14.9. The van der Waals surface area contributed by atoms with Crippen LogP contribution in [0.1, 0.15) is 45.1 Å². The molecule has 1 N–H and O–H groups in total. The summed E-state index contributed by atoms with van der Waals surface area (Å²) in [5.74, 6) is 0.181. The zero-order valence-electron chi connectivity index (χ0n) is 18.8. The number of para-hydroxylation sites is 1. The third-order valence-electron chi connectivity index (χ3n) is 5.59. The van der Waals surface area contributed by atoms with E-state index in [4.69, 9.17) is 0 Å². The van der Waals surface area contributed by atoms with Crippen LogP contribution in [-0.4, -0.2) is 66.6 Å². The molecule has 0 unspecified atom stereocenters. The van der Waals surface area contributed by atoms with Gasteiger partial charge in [-0.25, -0.2) is 5.01 Å². The van der Waals surface area contributed by atoms with Crippen LogP contribution in [0.4, 0.5) is 5.69 Å². The van der Waals surface area contributed by atoms with E-state index < -0.39 is 0 Å². The lowest BCUT2D eigenvalue weighted by atomic mass is 10.1. The molecular formula is C23H33N5O3. The Bertz CT molecular complexity index is 851. The first kappa shape index (κ1) is 22.9. The molecule has 0 bridgehead atoms. The van der Waals surface area contributed by atoms with Gasteiger partial charge in [0.1, 0.15) is 5.71 Å². The maximum atomic E-state index is 13.1. The van der Waals surface area contributed by atoms with Crippen molar-refractivity contribution in [1.82, 2.24) is 15.2 Å². The van der Waals surface area contributed by atoms with Gasteiger partial charge in [0.2, 0.25) is 11.8 Å². The van der Waals surface area contributed by atoms with Crippen molar-refractivity contribution < 1.29 is 14.4 Å². The van der Waals surface area contributed by atoms with E-state index in [0.717, 1.165) is 11.3 Å². The van der Waals surface area contributed by atoms with Gasteiger partial charge in [0, 0.05) is 64.7 Å². The van der Waals surface area contributed by atoms with Gasteiger partial charge >= 0.3 is 0 Å². The van der Waals surface area contributed by atoms with Gasteiger partial charge in [-0.1, -0.05) is 32.0 Å². The lowest BCUT2D eigenvalue weighted by Crippen LogP contribution is -2.44. The van der Waals surface area contributed by atoms with Gasteiger partial charge in [0.15, 0.2) is 0 Å². The van der Waals surface area contributed by atoms with E-state index >= 15 is 0 Å². The number of hydrogen-bond donors (Lipinski definition) is 1. The maximum Gasteiger partial charge on any atom is 0.270 e. The molecule has 3 amide bonds. The van der Waals surface area contributed by atoms with Crippen LogP contribution < -0.4 is 10.2 Å². The summed E-state index contributed by atoms with van der Waals surface area (Å²) in [6.45, 7) is 7.00. The second-order valence-corrected chi connectivity index (χ2v) is 8.56. The molecule has 3 rings (SSSR count). The number of nitrogens with one attached hydrogen (secondary N) is 1. The summed E-state index contributed by atoms with van der Waals surface area (Å²) in [5, 5.41) is 8.85. The van der Waals surface area contributed by atoms with Gasteiger partial charge in [-0.2, -0.15) is 5.10 Å². The number of carbonyl (C=O) groups excluding carboxylic acids is 3. The summed E-state index contributed by atoms with van der Waals surface area (Å²) in [7, 11) is 1.58. The third-order valence-corrected chi connectivity index (χ3v) is 5.59. The molecule has 0 atom stereocenters. The first-order valence-electron chi connectivity index (χ1n) is 11.1. The van der Waals surface area contributed by atoms with Crippen molar-refractivity contribution in [2.24, 2.45) is 11.0 Å². The number of nitrogens with zero attached hydrogens (tertiary/aromatic N) is 4. The van der Waals surface area contributed by atoms with Gasteiger partial charge in [-0.3, -0.25) is 14.4 Å². The molecule has 0 saturated carbocycles. The van der Waals surface area contributed by atoms with Gasteiger partial charge in [0.25, 0.3) is 5.91 Å². The minimum Gasteiger partial charge on any atom is -0.336 e. The molecule has 168 valence electrons. The molecule has 1 aromatic carbocycles. The standard InChI is InChI=1S/C23H33N5O3/c1-17(2)15-22(30)28-13-6-12-27(23(31)19-9-10-21(29)26(3)25-19)14-11-24-16-18-7-4-5-8-20(18)28/h4-5,7-8,17,24H,6,9-16H2,1-3H3. The molecule has 2 heterocycles. The highest BCUT2D eigenvalue weighted by molar-refractivity contribution is 6.39. The van der Waals surface area contributed by atoms with Crippen LogP contribution >= 0.6 is 0 Å². The van der Waals surface area contributed by atoms with Crippen LogP contribution in [0.15, 0.2) is 29.4 Å². The molecule has 0 radical (unpaired) electrons. The molecule has 0 fully saturated rings. The molecule has 1 aromatic rings. The summed E-state index contributed by atoms with van der Waals surface area (Å²) >= 11 is 0. The van der Waals surface area contributed by atoms with Gasteiger partial charge in [-0.05, 0) is 24.0 Å². The Labute approximate surface area is 184 Å². The number of fused-ring (bicyclic) bond motifs is 1. The number of anilines is 1. The Morgan fingerprint density at radius 2 is 1.90 bits per heavy atom. The van der Waals surface area contributed by atoms with E-state index in [1.165, 1.54) is 5.01 Å². The SMILES string of the molecule is CC(C)CC(=O)N1CCCN(C(=O)C2=NN(C)C(=O)CC2)CCNCc2ccccc21. The normalized spacial score (nSPS) is 18.4. The number of hydrazone groups is 1. The van der Waals surface area contributed by atoms with Crippen LogP contribution in [0.2, 0.25) is 0 Å². The predicted octanol–water partition coefficient (Wildman–Crippen LogP) is 2.00. The van der Waals surface area contributed by atoms with Crippen molar-refractivity contribution in [2.45, 2.75) is 46.1 Å². The van der Waals surface area contributed by atoms with E-state index in [2.05, 4.69) is 10.4 Å². The minimum atomic E-state index is -0.127. The van der Waals surface area contributed by atoms with E-state index in [1.54, 1.807) is 11.9 Å². The predicted molar refractivity (Wildman–Crippen MR) is 121 cm³/mol. The lowest BCUT2D eigenvalue weighted by Gasteiger charge is -2.28. The molecular weight excluding hydrogens is 394 g/mol. The lowest BCUT2D eigenvalue weighted by molar-refractivity contribution is -0.130. The van der Waals surface area contributed by atoms with Crippen molar-refractivity contribution >= 4 is 29.1 Å². The van der Waals surface area contributed by atoms with Crippen LogP contribution in [-0.2, 0) is 20.9 Å². The molecule has 0 aliphatic carbocycles. The quantitative estimate of drug-likeness (QED) is 0.800. The van der Waals surface area contributed by atoms with E-state index in [-0.39, 0.29) is 23.6 Å². The Hall–Kier alpha value is -2.74. The molecule has 0 saturated heterocycles. The first-order valence-corrected chi connectivity index (χ1v) is 11.1. The minimum absolute atomic E-state index is 0.0762. The topological polar surface area (TPSA) is 85.3 Å². The summed E-state index contributed by atoms with van der Waals surface area (Å²) < 4.78 is 0. The molecule has 31 heavy (non-hydrogen) atoms. The Balaban J connectivity index is 1.78. The van der Waals surface area contributed by atoms with Crippen LogP contribution in [0.3, 0.4) is 0 Å². The van der Waals surface area contributed by atoms with E-state index in [1.807, 2.05) is 43.0 Å². The number of benzene rings is 1. The highest BCUT2D eigenvalue weighted by Crippen LogP contribution is 2.23. The van der Waals surface area contributed by atoms with Gasteiger partial charge in [0.05, 0.1) is 0 Å². The number of carbonyl (C=O) groups is 3. The average Bonchev–Trinajstić information content (AvgIpc) is 2.77. The zero-order chi connectivity index (χ0) is 22.4. The van der Waals surface area contributed by atoms with Crippen molar-refractivity contribution in [2.75, 3.05) is 38.1 Å². The fourth-order valence-corrected chi connectivity index (χ4v) is 3.94. The fraction of sp³-hybridized carbons (Fsp3) is 0.565. The van der Waals surface area contributed by atoms with E-state index in [9.17, 15) is 14.4 Å². The molecule has 0 aromatic heterocycles. The van der Waals surface area contributed by atoms with Gasteiger partial charge < -0.3 is 15.1 Å². The second-order valence-electron chi connectivity index (χ2n) is 8.56. The molecule has 0 spiro atoms. The van der Waals surface area contributed by atoms with Crippen LogP contribution in [0.5, 0.6) is 0 Å². The van der Waals surface area contributed by atoms with Crippen LogP contribution in [0, 0.1) is 5.92 Å². The van der Waals surface area contributed by atoms with Crippen LogP contribution in [0.25, 0.3) is 0 Å². The second kappa shape index (κ2) is 10.5. The third kappa shape index (κ3) is 5.91. The van der Waals surface area contributed by atoms with Gasteiger partial charge in [-0.15, -0.1) is 0 Å². The monoisotopic (exact) mass is 427 g/mol. The van der Waals surface area contributed by atoms with Crippen molar-refractivity contribution in [3.05, 3.63) is 29.8 Å². The molecule has 2 aliphatic rings. The summed E-state index contributed by atoms with van der Waals surface area (Å²) in [5.41, 5.74) is 2.45. The highest BCUT2D eigenvalue weighted by Gasteiger charge is 2.27. The Kier molecular flexibility index (Phi) is 7.79. The zero-order valence-corrected chi connectivity index (χ0v) is 18.8. The largest absolute Gasteiger partial charge is 0.336 e. The molecule has 8 nitrogen and oxygen atoms in total. The smallest absolute Gasteiger partial charge is 0.270 e. The number of hydrogen-bond acceptors (Lipinski definition) is 5. The average molecular weight is 428 g/mol. The number of rotatable bonds is 3. The maximum absolute atomic E-state index is 13.1. The number of amides is 3. The Morgan fingerprint density at radius 1 is 1.13 bits per heavy atom. The van der Waals surface area contributed by atoms with E-state index in [0.29, 0.717) is 64.1 Å². The summed E-state index contributed by atoms with van der Waals surface area (Å²) in [6.07, 6.45) is 1.84. The summed E-state index contributed by atoms with van der Waals surface area (Å²) in [4.78, 5) is 41.5.